The van der Waals surface area contributed by atoms with Gasteiger partial charge < -0.3 is 29.0 Å². The SMILES string of the molecule is CNC(=O)[C@@]1(OCc2cccc(F)c2)CC(OCc2cccc(OC(F)(F)F)c2)[C@@H]2OC(C)(C)O[C@@H]2C1. The van der Waals surface area contributed by atoms with E-state index in [1.165, 1.54) is 37.4 Å². The smallest absolute Gasteiger partial charge is 0.406 e. The third kappa shape index (κ3) is 6.78. The number of carbonyl (C=O) groups excluding carboxylic acids is 1. The van der Waals surface area contributed by atoms with Gasteiger partial charge in [-0.15, -0.1) is 13.2 Å². The molecule has 1 aliphatic heterocycles. The first kappa shape index (κ1) is 27.3. The van der Waals surface area contributed by atoms with Crippen LogP contribution < -0.4 is 10.1 Å². The first-order valence-electron chi connectivity index (χ1n) is 11.8. The minimum atomic E-state index is -4.82. The van der Waals surface area contributed by atoms with Crippen LogP contribution >= 0.6 is 0 Å². The van der Waals surface area contributed by atoms with Crippen LogP contribution in [0.5, 0.6) is 5.75 Å². The quantitative estimate of drug-likeness (QED) is 0.505. The van der Waals surface area contributed by atoms with Crippen LogP contribution in [0, 0.1) is 5.82 Å². The number of rotatable bonds is 8. The number of benzene rings is 2. The van der Waals surface area contributed by atoms with Crippen LogP contribution in [0.15, 0.2) is 48.5 Å². The number of likely N-dealkylation sites (N-methyl/N-ethyl adjacent to an activating group) is 1. The Morgan fingerprint density at radius 1 is 1.05 bits per heavy atom. The number of carbonyl (C=O) groups is 1. The minimum absolute atomic E-state index is 0.0314. The second-order valence-corrected chi connectivity index (χ2v) is 9.58. The summed E-state index contributed by atoms with van der Waals surface area (Å²) in [5.74, 6) is -2.13. The zero-order valence-corrected chi connectivity index (χ0v) is 20.6. The summed E-state index contributed by atoms with van der Waals surface area (Å²) in [7, 11) is 1.49. The average Bonchev–Trinajstić information content (AvgIpc) is 3.13. The van der Waals surface area contributed by atoms with E-state index in [1.54, 1.807) is 32.0 Å². The molecule has 4 rings (SSSR count). The van der Waals surface area contributed by atoms with Crippen molar-refractivity contribution < 1.29 is 46.0 Å². The second kappa shape index (κ2) is 10.6. The van der Waals surface area contributed by atoms with E-state index in [0.29, 0.717) is 11.1 Å². The lowest BCUT2D eigenvalue weighted by atomic mass is 9.78. The number of alkyl halides is 3. The summed E-state index contributed by atoms with van der Waals surface area (Å²) in [6.45, 7) is 3.39. The molecular weight excluding hydrogens is 498 g/mol. The summed E-state index contributed by atoms with van der Waals surface area (Å²) in [5, 5.41) is 2.63. The van der Waals surface area contributed by atoms with Crippen molar-refractivity contribution in [3.63, 3.8) is 0 Å². The largest absolute Gasteiger partial charge is 0.573 e. The second-order valence-electron chi connectivity index (χ2n) is 9.58. The van der Waals surface area contributed by atoms with Crippen molar-refractivity contribution in [2.75, 3.05) is 7.05 Å². The van der Waals surface area contributed by atoms with Gasteiger partial charge in [-0.3, -0.25) is 4.79 Å². The van der Waals surface area contributed by atoms with E-state index in [9.17, 15) is 22.4 Å². The number of ether oxygens (including phenoxy) is 5. The Labute approximate surface area is 212 Å². The van der Waals surface area contributed by atoms with Crippen molar-refractivity contribution in [3.8, 4) is 5.75 Å². The van der Waals surface area contributed by atoms with Crippen LogP contribution in [0.1, 0.15) is 37.8 Å². The molecule has 11 heteroatoms. The molecule has 1 unspecified atom stereocenters. The maximum absolute atomic E-state index is 13.7. The molecule has 37 heavy (non-hydrogen) atoms. The summed E-state index contributed by atoms with van der Waals surface area (Å²) >= 11 is 0. The van der Waals surface area contributed by atoms with Crippen molar-refractivity contribution in [1.82, 2.24) is 5.32 Å². The lowest BCUT2D eigenvalue weighted by Crippen LogP contribution is -2.59. The third-order valence-corrected chi connectivity index (χ3v) is 6.29. The number of amides is 1. The summed E-state index contributed by atoms with van der Waals surface area (Å²) in [6, 6.07) is 11.3. The van der Waals surface area contributed by atoms with Gasteiger partial charge in [0, 0.05) is 19.9 Å². The molecule has 2 fully saturated rings. The van der Waals surface area contributed by atoms with Crippen LogP contribution in [0.2, 0.25) is 0 Å². The van der Waals surface area contributed by atoms with E-state index in [0.717, 1.165) is 0 Å². The highest BCUT2D eigenvalue weighted by molar-refractivity contribution is 5.85. The van der Waals surface area contributed by atoms with Crippen LogP contribution in [0.25, 0.3) is 0 Å². The molecule has 202 valence electrons. The lowest BCUT2D eigenvalue weighted by Gasteiger charge is -2.43. The van der Waals surface area contributed by atoms with E-state index < -0.39 is 47.8 Å². The molecule has 2 aromatic rings. The van der Waals surface area contributed by atoms with E-state index >= 15 is 0 Å². The molecule has 4 atom stereocenters. The van der Waals surface area contributed by atoms with E-state index in [2.05, 4.69) is 10.1 Å². The highest BCUT2D eigenvalue weighted by atomic mass is 19.4. The Balaban J connectivity index is 1.55. The predicted octanol–water partition coefficient (Wildman–Crippen LogP) is 4.63. The Morgan fingerprint density at radius 2 is 1.76 bits per heavy atom. The molecule has 0 aromatic heterocycles. The number of hydrogen-bond acceptors (Lipinski definition) is 6. The number of nitrogens with one attached hydrogen (secondary N) is 1. The fraction of sp³-hybridized carbons (Fsp3) is 0.500. The van der Waals surface area contributed by atoms with Gasteiger partial charge in [-0.2, -0.15) is 0 Å². The van der Waals surface area contributed by atoms with Gasteiger partial charge in [0.25, 0.3) is 5.91 Å². The molecule has 0 spiro atoms. The molecule has 1 heterocycles. The van der Waals surface area contributed by atoms with Crippen molar-refractivity contribution in [2.24, 2.45) is 0 Å². The van der Waals surface area contributed by atoms with Crippen LogP contribution in [0.4, 0.5) is 17.6 Å². The van der Waals surface area contributed by atoms with Gasteiger partial charge in [-0.05, 0) is 49.2 Å². The van der Waals surface area contributed by atoms with E-state index in [4.69, 9.17) is 18.9 Å². The predicted molar refractivity (Wildman–Crippen MR) is 123 cm³/mol. The number of hydrogen-bond donors (Lipinski definition) is 1. The topological polar surface area (TPSA) is 75.3 Å². The van der Waals surface area contributed by atoms with Gasteiger partial charge in [0.15, 0.2) is 11.4 Å². The summed E-state index contributed by atoms with van der Waals surface area (Å²) in [6.07, 6.45) is -6.36. The number of fused-ring (bicyclic) bond motifs is 1. The molecule has 1 amide bonds. The zero-order chi connectivity index (χ0) is 26.8. The first-order valence-corrected chi connectivity index (χ1v) is 11.8. The maximum atomic E-state index is 13.7. The highest BCUT2D eigenvalue weighted by Gasteiger charge is 2.57. The zero-order valence-electron chi connectivity index (χ0n) is 20.6. The van der Waals surface area contributed by atoms with E-state index in [-0.39, 0.29) is 31.8 Å². The lowest BCUT2D eigenvalue weighted by molar-refractivity contribution is -0.274. The fourth-order valence-corrected chi connectivity index (χ4v) is 4.82. The molecule has 2 aliphatic rings. The van der Waals surface area contributed by atoms with Crippen molar-refractivity contribution in [2.45, 2.75) is 76.0 Å². The normalized spacial score (nSPS) is 26.9. The van der Waals surface area contributed by atoms with Gasteiger partial charge in [0.1, 0.15) is 17.7 Å². The molecular formula is C26H29F4NO6. The molecule has 0 radical (unpaired) electrons. The van der Waals surface area contributed by atoms with Gasteiger partial charge in [-0.25, -0.2) is 4.39 Å². The van der Waals surface area contributed by atoms with Gasteiger partial charge in [-0.1, -0.05) is 24.3 Å². The van der Waals surface area contributed by atoms with Gasteiger partial charge in [0.2, 0.25) is 0 Å². The summed E-state index contributed by atoms with van der Waals surface area (Å²) < 4.78 is 80.0. The molecule has 0 bridgehead atoms. The van der Waals surface area contributed by atoms with Crippen LogP contribution in [0.3, 0.4) is 0 Å². The van der Waals surface area contributed by atoms with Gasteiger partial charge in [0.05, 0.1) is 25.4 Å². The molecule has 1 saturated heterocycles. The van der Waals surface area contributed by atoms with E-state index in [1.807, 2.05) is 0 Å². The van der Waals surface area contributed by atoms with Crippen molar-refractivity contribution >= 4 is 5.91 Å². The molecule has 1 aliphatic carbocycles. The Kier molecular flexibility index (Phi) is 7.80. The maximum Gasteiger partial charge on any atom is 0.573 e. The minimum Gasteiger partial charge on any atom is -0.406 e. The molecule has 1 saturated carbocycles. The van der Waals surface area contributed by atoms with Crippen molar-refractivity contribution in [1.29, 1.82) is 0 Å². The highest BCUT2D eigenvalue weighted by Crippen LogP contribution is 2.44. The van der Waals surface area contributed by atoms with Crippen LogP contribution in [-0.4, -0.2) is 49.0 Å². The van der Waals surface area contributed by atoms with Crippen LogP contribution in [-0.2, 0) is 37.0 Å². The summed E-state index contributed by atoms with van der Waals surface area (Å²) in [4.78, 5) is 13.1. The third-order valence-electron chi connectivity index (χ3n) is 6.29. The molecule has 1 N–H and O–H groups in total. The molecule has 7 nitrogen and oxygen atoms in total. The summed E-state index contributed by atoms with van der Waals surface area (Å²) in [5.41, 5.74) is -0.390. The number of halogens is 4. The fourth-order valence-electron chi connectivity index (χ4n) is 4.82. The molecule has 2 aromatic carbocycles. The van der Waals surface area contributed by atoms with Gasteiger partial charge >= 0.3 is 6.36 Å². The monoisotopic (exact) mass is 527 g/mol. The Hall–Kier alpha value is -2.73. The Morgan fingerprint density at radius 3 is 2.43 bits per heavy atom. The average molecular weight is 528 g/mol. The van der Waals surface area contributed by atoms with Crippen molar-refractivity contribution in [3.05, 3.63) is 65.5 Å². The standard InChI is InChI=1S/C26H29F4NO6/c1-24(2)36-21-13-25(23(32)31-3,34-15-16-6-4-8-18(27)10-16)12-20(22(21)37-24)33-14-17-7-5-9-19(11-17)35-26(28,29)30/h4-11,20-22H,12-15H2,1-3H3,(H,31,32)/t20?,21-,22+,25-/m1/s1. The first-order chi connectivity index (χ1) is 17.4. The Bertz CT molecular complexity index is 1110.